The fraction of sp³-hybridized carbons (Fsp3) is 0.560. The predicted molar refractivity (Wildman–Crippen MR) is 126 cm³/mol. The Balaban J connectivity index is 2.15. The summed E-state index contributed by atoms with van der Waals surface area (Å²) in [7, 11) is 0. The van der Waals surface area contributed by atoms with Crippen molar-refractivity contribution >= 4 is 23.8 Å². The Morgan fingerprint density at radius 3 is 2.24 bits per heavy atom. The fourth-order valence-corrected chi connectivity index (χ4v) is 4.00. The Labute approximate surface area is 195 Å². The van der Waals surface area contributed by atoms with Crippen molar-refractivity contribution in [1.29, 1.82) is 0 Å². The number of carbonyl (C=O) groups excluding carboxylic acids is 3. The second kappa shape index (κ2) is 12.5. The molecule has 1 aromatic rings. The molecule has 8 nitrogen and oxygen atoms in total. The van der Waals surface area contributed by atoms with Gasteiger partial charge in [-0.2, -0.15) is 0 Å². The van der Waals surface area contributed by atoms with Crippen molar-refractivity contribution in [1.82, 2.24) is 16.1 Å². The summed E-state index contributed by atoms with van der Waals surface area (Å²) in [6.07, 6.45) is 6.84. The van der Waals surface area contributed by atoms with Crippen LogP contribution in [0.3, 0.4) is 0 Å². The number of aliphatic hydroxyl groups excluding tert-OH is 1. The van der Waals surface area contributed by atoms with Crippen molar-refractivity contribution in [3.8, 4) is 0 Å². The summed E-state index contributed by atoms with van der Waals surface area (Å²) in [5.41, 5.74) is 1.70. The monoisotopic (exact) mass is 459 g/mol. The highest BCUT2D eigenvalue weighted by Gasteiger charge is 2.38. The molecule has 0 spiro atoms. The zero-order valence-electron chi connectivity index (χ0n) is 19.7. The van der Waals surface area contributed by atoms with Crippen LogP contribution in [0.4, 0.5) is 0 Å². The lowest BCUT2D eigenvalue weighted by Crippen LogP contribution is -2.58. The van der Waals surface area contributed by atoms with E-state index in [-0.39, 0.29) is 18.4 Å². The second-order valence-corrected chi connectivity index (χ2v) is 9.73. The van der Waals surface area contributed by atoms with E-state index in [0.717, 1.165) is 37.7 Å². The molecule has 1 aliphatic carbocycles. The van der Waals surface area contributed by atoms with E-state index in [1.54, 1.807) is 12.2 Å². The number of aliphatic hydroxyl groups is 1. The molecular formula is C25H37N3O5. The number of hydrogen-bond donors (Lipinski definition) is 5. The Hall–Kier alpha value is -2.71. The molecule has 0 radical (unpaired) electrons. The van der Waals surface area contributed by atoms with Gasteiger partial charge in [0, 0.05) is 6.04 Å². The molecule has 0 aromatic heterocycles. The molecule has 33 heavy (non-hydrogen) atoms. The van der Waals surface area contributed by atoms with Gasteiger partial charge in [-0.15, -0.1) is 0 Å². The van der Waals surface area contributed by atoms with Gasteiger partial charge in [0.1, 0.15) is 12.1 Å². The van der Waals surface area contributed by atoms with Crippen LogP contribution in [-0.2, 0) is 14.4 Å². The highest BCUT2D eigenvalue weighted by atomic mass is 16.5. The minimum Gasteiger partial charge on any atom is -0.382 e. The van der Waals surface area contributed by atoms with Crippen LogP contribution in [0, 0.1) is 11.3 Å². The van der Waals surface area contributed by atoms with Crippen LogP contribution in [0.1, 0.15) is 64.9 Å². The van der Waals surface area contributed by atoms with E-state index in [1.807, 2.05) is 51.1 Å². The number of benzene rings is 1. The third-order valence-corrected chi connectivity index (χ3v) is 5.96. The number of nitrogens with one attached hydrogen (secondary N) is 3. The Bertz CT molecular complexity index is 813. The van der Waals surface area contributed by atoms with Crippen LogP contribution in [-0.4, -0.2) is 46.2 Å². The molecular weight excluding hydrogens is 422 g/mol. The highest BCUT2D eigenvalue weighted by molar-refractivity contribution is 5.92. The second-order valence-electron chi connectivity index (χ2n) is 9.73. The van der Waals surface area contributed by atoms with E-state index in [9.17, 15) is 19.5 Å². The van der Waals surface area contributed by atoms with Crippen LogP contribution in [0.2, 0.25) is 0 Å². The maximum absolute atomic E-state index is 13.2. The standard InChI is InChI=1S/C25H37N3O5/c1-25(2,3)21(24(32)26-18-14-8-5-9-15-18)27-22(30)19(20(29)23(31)28-33)16-10-13-17-11-6-4-7-12-17/h4,6-7,10-13,18-21,29,33H,5,8-9,14-16H2,1-3H3,(H,26,32)(H,27,30)(H,28,31)/b13-10+/t19-,20+,21?/m1/s1. The van der Waals surface area contributed by atoms with E-state index in [0.29, 0.717) is 0 Å². The van der Waals surface area contributed by atoms with Gasteiger partial charge in [0.15, 0.2) is 0 Å². The first-order chi connectivity index (χ1) is 15.6. The molecule has 3 amide bonds. The molecule has 1 unspecified atom stereocenters. The van der Waals surface area contributed by atoms with Crippen LogP contribution in [0.25, 0.3) is 6.08 Å². The van der Waals surface area contributed by atoms with E-state index in [4.69, 9.17) is 5.21 Å². The van der Waals surface area contributed by atoms with Crippen molar-refractivity contribution in [2.24, 2.45) is 11.3 Å². The largest absolute Gasteiger partial charge is 0.382 e. The molecule has 2 rings (SSSR count). The summed E-state index contributed by atoms with van der Waals surface area (Å²) >= 11 is 0. The fourth-order valence-electron chi connectivity index (χ4n) is 4.00. The zero-order valence-corrected chi connectivity index (χ0v) is 19.7. The van der Waals surface area contributed by atoms with Gasteiger partial charge in [0.25, 0.3) is 5.91 Å². The van der Waals surface area contributed by atoms with Crippen LogP contribution >= 0.6 is 0 Å². The number of hydrogen-bond acceptors (Lipinski definition) is 5. The van der Waals surface area contributed by atoms with Crippen LogP contribution < -0.4 is 16.1 Å². The van der Waals surface area contributed by atoms with Crippen molar-refractivity contribution in [3.63, 3.8) is 0 Å². The summed E-state index contributed by atoms with van der Waals surface area (Å²) in [5, 5.41) is 25.1. The van der Waals surface area contributed by atoms with Gasteiger partial charge in [0.05, 0.1) is 5.92 Å². The summed E-state index contributed by atoms with van der Waals surface area (Å²) in [6, 6.07) is 8.63. The SMILES string of the molecule is CC(C)(C)C(NC(=O)[C@H](C/C=C/c1ccccc1)[C@H](O)C(=O)NO)C(=O)NC1CCCCC1. The molecule has 0 saturated heterocycles. The van der Waals surface area contributed by atoms with Crippen molar-refractivity contribution in [3.05, 3.63) is 42.0 Å². The Morgan fingerprint density at radius 2 is 1.67 bits per heavy atom. The predicted octanol–water partition coefficient (Wildman–Crippen LogP) is 2.55. The maximum atomic E-state index is 13.2. The van der Waals surface area contributed by atoms with Gasteiger partial charge >= 0.3 is 0 Å². The summed E-state index contributed by atoms with van der Waals surface area (Å²) in [5.74, 6) is -3.18. The van der Waals surface area contributed by atoms with E-state index >= 15 is 0 Å². The lowest BCUT2D eigenvalue weighted by molar-refractivity contribution is -0.147. The van der Waals surface area contributed by atoms with Crippen LogP contribution in [0.15, 0.2) is 36.4 Å². The van der Waals surface area contributed by atoms with Gasteiger partial charge < -0.3 is 15.7 Å². The van der Waals surface area contributed by atoms with E-state index in [2.05, 4.69) is 10.6 Å². The molecule has 1 aromatic carbocycles. The highest BCUT2D eigenvalue weighted by Crippen LogP contribution is 2.23. The number of allylic oxidation sites excluding steroid dienone is 1. The molecule has 1 fully saturated rings. The average molecular weight is 460 g/mol. The van der Waals surface area contributed by atoms with Crippen molar-refractivity contribution in [2.75, 3.05) is 0 Å². The lowest BCUT2D eigenvalue weighted by atomic mass is 9.84. The number of carbonyl (C=O) groups is 3. The van der Waals surface area contributed by atoms with Gasteiger partial charge in [-0.3, -0.25) is 19.6 Å². The van der Waals surface area contributed by atoms with Gasteiger partial charge in [-0.1, -0.05) is 82.5 Å². The van der Waals surface area contributed by atoms with Crippen molar-refractivity contribution < 1.29 is 24.7 Å². The summed E-state index contributed by atoms with van der Waals surface area (Å²) in [4.78, 5) is 38.1. The molecule has 8 heteroatoms. The quantitative estimate of drug-likeness (QED) is 0.286. The maximum Gasteiger partial charge on any atom is 0.272 e. The molecule has 182 valence electrons. The first kappa shape index (κ1) is 26.5. The number of rotatable bonds is 9. The summed E-state index contributed by atoms with van der Waals surface area (Å²) < 4.78 is 0. The molecule has 1 aliphatic rings. The first-order valence-corrected chi connectivity index (χ1v) is 11.6. The molecule has 5 N–H and O–H groups in total. The third kappa shape index (κ3) is 8.29. The van der Waals surface area contributed by atoms with Gasteiger partial charge in [0.2, 0.25) is 11.8 Å². The summed E-state index contributed by atoms with van der Waals surface area (Å²) in [6.45, 7) is 5.54. The molecule has 0 heterocycles. The zero-order chi connectivity index (χ0) is 24.4. The topological polar surface area (TPSA) is 128 Å². The molecule has 1 saturated carbocycles. The van der Waals surface area contributed by atoms with Gasteiger partial charge in [-0.05, 0) is 30.2 Å². The van der Waals surface area contributed by atoms with Crippen molar-refractivity contribution in [2.45, 2.75) is 77.5 Å². The van der Waals surface area contributed by atoms with Gasteiger partial charge in [-0.25, -0.2) is 5.48 Å². The smallest absolute Gasteiger partial charge is 0.272 e. The minimum absolute atomic E-state index is 0.0381. The Kier molecular flexibility index (Phi) is 10.1. The van der Waals surface area contributed by atoms with E-state index in [1.165, 1.54) is 5.48 Å². The minimum atomic E-state index is -1.78. The lowest BCUT2D eigenvalue weighted by Gasteiger charge is -2.34. The molecule has 0 aliphatic heterocycles. The number of hydroxylamine groups is 1. The average Bonchev–Trinajstić information content (AvgIpc) is 2.79. The first-order valence-electron chi connectivity index (χ1n) is 11.6. The third-order valence-electron chi connectivity index (χ3n) is 5.96. The van der Waals surface area contributed by atoms with Crippen LogP contribution in [0.5, 0.6) is 0 Å². The van der Waals surface area contributed by atoms with E-state index < -0.39 is 35.3 Å². The molecule has 0 bridgehead atoms. The normalized spacial score (nSPS) is 17.7. The molecule has 3 atom stereocenters. The number of amides is 3. The Morgan fingerprint density at radius 1 is 1.03 bits per heavy atom.